The monoisotopic (exact) mass is 385 g/mol. The summed E-state index contributed by atoms with van der Waals surface area (Å²) in [6.45, 7) is 11.4. The Morgan fingerprint density at radius 3 is 2.54 bits per heavy atom. The number of piperidine rings is 1. The van der Waals surface area contributed by atoms with Gasteiger partial charge in [-0.2, -0.15) is 0 Å². The van der Waals surface area contributed by atoms with Gasteiger partial charge in [0.15, 0.2) is 5.96 Å². The fraction of sp³-hybridized carbons (Fsp3) is 0.696. The highest BCUT2D eigenvalue weighted by molar-refractivity contribution is 5.80. The number of nitrogens with one attached hydrogen (secondary N) is 2. The van der Waals surface area contributed by atoms with Crippen LogP contribution in [0.1, 0.15) is 45.1 Å². The third-order valence-electron chi connectivity index (χ3n) is 6.01. The Hall–Kier alpha value is -1.59. The van der Waals surface area contributed by atoms with Crippen molar-refractivity contribution in [3.63, 3.8) is 0 Å². The maximum Gasteiger partial charge on any atom is 0.191 e. The summed E-state index contributed by atoms with van der Waals surface area (Å²) in [6.07, 6.45) is 4.97. The molecule has 1 atom stereocenters. The molecule has 2 heterocycles. The third kappa shape index (κ3) is 6.49. The molecule has 156 valence electrons. The van der Waals surface area contributed by atoms with Crippen LogP contribution in [0.5, 0.6) is 0 Å². The Labute approximate surface area is 171 Å². The number of guanidine groups is 1. The zero-order valence-electron chi connectivity index (χ0n) is 18.0. The second kappa shape index (κ2) is 10.8. The Balaban J connectivity index is 1.41. The van der Waals surface area contributed by atoms with Crippen molar-refractivity contribution in [2.75, 3.05) is 39.8 Å². The molecule has 0 bridgehead atoms. The lowest BCUT2D eigenvalue weighted by molar-refractivity contribution is 0.186. The SMILES string of the molecule is CN=C(NCC1CCCN1Cc1ccccc1)NC1CCN(CC(C)C)CC1. The molecule has 5 heteroatoms. The molecular formula is C23H39N5. The Bertz CT molecular complexity index is 592. The molecule has 0 radical (unpaired) electrons. The smallest absolute Gasteiger partial charge is 0.191 e. The molecule has 2 N–H and O–H groups in total. The second-order valence-corrected chi connectivity index (χ2v) is 8.82. The molecule has 0 saturated carbocycles. The first-order valence-electron chi connectivity index (χ1n) is 11.1. The largest absolute Gasteiger partial charge is 0.355 e. The summed E-state index contributed by atoms with van der Waals surface area (Å²) in [4.78, 5) is 9.69. The molecule has 0 amide bonds. The third-order valence-corrected chi connectivity index (χ3v) is 6.01. The van der Waals surface area contributed by atoms with E-state index in [1.165, 1.54) is 57.4 Å². The van der Waals surface area contributed by atoms with Crippen LogP contribution in [0.15, 0.2) is 35.3 Å². The molecule has 1 unspecified atom stereocenters. The number of benzene rings is 1. The van der Waals surface area contributed by atoms with E-state index < -0.39 is 0 Å². The predicted octanol–water partition coefficient (Wildman–Crippen LogP) is 2.94. The van der Waals surface area contributed by atoms with Gasteiger partial charge in [0.25, 0.3) is 0 Å². The molecule has 5 nitrogen and oxygen atoms in total. The number of aliphatic imine (C=N–C) groups is 1. The van der Waals surface area contributed by atoms with Crippen LogP contribution in [0.25, 0.3) is 0 Å². The van der Waals surface area contributed by atoms with E-state index in [0.29, 0.717) is 12.1 Å². The van der Waals surface area contributed by atoms with E-state index in [4.69, 9.17) is 0 Å². The average molecular weight is 386 g/mol. The molecular weight excluding hydrogens is 346 g/mol. The highest BCUT2D eigenvalue weighted by Crippen LogP contribution is 2.19. The van der Waals surface area contributed by atoms with Crippen LogP contribution >= 0.6 is 0 Å². The normalized spacial score (nSPS) is 22.7. The Morgan fingerprint density at radius 2 is 1.86 bits per heavy atom. The van der Waals surface area contributed by atoms with Gasteiger partial charge >= 0.3 is 0 Å². The fourth-order valence-electron chi connectivity index (χ4n) is 4.53. The molecule has 2 fully saturated rings. The van der Waals surface area contributed by atoms with Crippen LogP contribution in [-0.4, -0.2) is 67.6 Å². The molecule has 2 saturated heterocycles. The maximum atomic E-state index is 4.48. The molecule has 1 aromatic carbocycles. The summed E-state index contributed by atoms with van der Waals surface area (Å²) in [5, 5.41) is 7.26. The van der Waals surface area contributed by atoms with Crippen molar-refractivity contribution in [1.29, 1.82) is 0 Å². The first kappa shape index (κ1) is 21.1. The van der Waals surface area contributed by atoms with Gasteiger partial charge in [-0.05, 0) is 43.7 Å². The van der Waals surface area contributed by atoms with Gasteiger partial charge in [-0.3, -0.25) is 9.89 Å². The summed E-state index contributed by atoms with van der Waals surface area (Å²) in [5.74, 6) is 1.72. The van der Waals surface area contributed by atoms with Gasteiger partial charge in [-0.25, -0.2) is 0 Å². The number of hydrogen-bond acceptors (Lipinski definition) is 3. The number of likely N-dealkylation sites (tertiary alicyclic amines) is 2. The van der Waals surface area contributed by atoms with E-state index in [1.807, 2.05) is 7.05 Å². The topological polar surface area (TPSA) is 42.9 Å². The van der Waals surface area contributed by atoms with Crippen LogP contribution < -0.4 is 10.6 Å². The molecule has 2 aliphatic rings. The first-order chi connectivity index (χ1) is 13.6. The second-order valence-electron chi connectivity index (χ2n) is 8.82. The molecule has 28 heavy (non-hydrogen) atoms. The van der Waals surface area contributed by atoms with Gasteiger partial charge in [-0.15, -0.1) is 0 Å². The van der Waals surface area contributed by atoms with E-state index in [-0.39, 0.29) is 0 Å². The highest BCUT2D eigenvalue weighted by Gasteiger charge is 2.25. The van der Waals surface area contributed by atoms with Crippen LogP contribution in [0.3, 0.4) is 0 Å². The van der Waals surface area contributed by atoms with Crippen molar-refractivity contribution >= 4 is 5.96 Å². The molecule has 0 aromatic heterocycles. The summed E-state index contributed by atoms with van der Waals surface area (Å²) in [5.41, 5.74) is 1.41. The van der Waals surface area contributed by atoms with E-state index in [2.05, 4.69) is 69.6 Å². The summed E-state index contributed by atoms with van der Waals surface area (Å²) in [6, 6.07) is 12.0. The van der Waals surface area contributed by atoms with Crippen LogP contribution in [0.4, 0.5) is 0 Å². The van der Waals surface area contributed by atoms with Gasteiger partial charge < -0.3 is 15.5 Å². The van der Waals surface area contributed by atoms with Gasteiger partial charge in [0, 0.05) is 51.9 Å². The average Bonchev–Trinajstić information content (AvgIpc) is 3.14. The predicted molar refractivity (Wildman–Crippen MR) is 119 cm³/mol. The van der Waals surface area contributed by atoms with Crippen molar-refractivity contribution in [1.82, 2.24) is 20.4 Å². The highest BCUT2D eigenvalue weighted by atomic mass is 15.2. The molecule has 1 aromatic rings. The number of hydrogen-bond donors (Lipinski definition) is 2. The van der Waals surface area contributed by atoms with E-state index in [1.54, 1.807) is 0 Å². The minimum atomic E-state index is 0.540. The van der Waals surface area contributed by atoms with Crippen molar-refractivity contribution < 1.29 is 0 Å². The lowest BCUT2D eigenvalue weighted by atomic mass is 10.0. The van der Waals surface area contributed by atoms with Crippen LogP contribution in [0, 0.1) is 5.92 Å². The van der Waals surface area contributed by atoms with Crippen LogP contribution in [0.2, 0.25) is 0 Å². The van der Waals surface area contributed by atoms with Gasteiger partial charge in [0.1, 0.15) is 0 Å². The summed E-state index contributed by atoms with van der Waals surface area (Å²) in [7, 11) is 1.89. The summed E-state index contributed by atoms with van der Waals surface area (Å²) < 4.78 is 0. The minimum absolute atomic E-state index is 0.540. The standard InChI is InChI=1S/C23H39N5/c1-19(2)17-27-14-11-21(12-15-27)26-23(24-3)25-16-22-10-7-13-28(22)18-20-8-5-4-6-9-20/h4-6,8-9,19,21-22H,7,10-18H2,1-3H3,(H2,24,25,26). The number of rotatable bonds is 7. The molecule has 0 aliphatic carbocycles. The minimum Gasteiger partial charge on any atom is -0.355 e. The molecule has 0 spiro atoms. The maximum absolute atomic E-state index is 4.48. The van der Waals surface area contributed by atoms with Crippen molar-refractivity contribution in [3.8, 4) is 0 Å². The lowest BCUT2D eigenvalue weighted by Crippen LogP contribution is -2.51. The zero-order valence-corrected chi connectivity index (χ0v) is 18.0. The van der Waals surface area contributed by atoms with Gasteiger partial charge in [0.05, 0.1) is 0 Å². The number of nitrogens with zero attached hydrogens (tertiary/aromatic N) is 3. The van der Waals surface area contributed by atoms with E-state index >= 15 is 0 Å². The fourth-order valence-corrected chi connectivity index (χ4v) is 4.53. The Morgan fingerprint density at radius 1 is 1.11 bits per heavy atom. The van der Waals surface area contributed by atoms with E-state index in [0.717, 1.165) is 25.0 Å². The van der Waals surface area contributed by atoms with Crippen molar-refractivity contribution in [3.05, 3.63) is 35.9 Å². The summed E-state index contributed by atoms with van der Waals surface area (Å²) >= 11 is 0. The van der Waals surface area contributed by atoms with Crippen LogP contribution in [-0.2, 0) is 6.54 Å². The zero-order chi connectivity index (χ0) is 19.8. The molecule has 2 aliphatic heterocycles. The van der Waals surface area contributed by atoms with E-state index in [9.17, 15) is 0 Å². The van der Waals surface area contributed by atoms with Crippen molar-refractivity contribution in [2.24, 2.45) is 10.9 Å². The Kier molecular flexibility index (Phi) is 8.16. The molecule has 3 rings (SSSR count). The van der Waals surface area contributed by atoms with Gasteiger partial charge in [0.2, 0.25) is 0 Å². The first-order valence-corrected chi connectivity index (χ1v) is 11.1. The van der Waals surface area contributed by atoms with Crippen molar-refractivity contribution in [2.45, 2.75) is 58.2 Å². The quantitative estimate of drug-likeness (QED) is 0.559. The lowest BCUT2D eigenvalue weighted by Gasteiger charge is -2.34. The van der Waals surface area contributed by atoms with Gasteiger partial charge in [-0.1, -0.05) is 44.2 Å².